The highest BCUT2D eigenvalue weighted by Crippen LogP contribution is 2.47. The van der Waals surface area contributed by atoms with E-state index in [0.717, 1.165) is 12.0 Å². The standard InChI is InChI=1S/C25H37N3O5/c1-27-21(29)14-18(22(27)17-10-11-20(31-2)24(33-4)23(17)32-3)25(30)26-15-16-8-7-13-28-12-6-5-9-19(16)28/h10-11,16,18-19,22H,5-9,12-15H2,1-4H3,(H,26,30). The van der Waals surface area contributed by atoms with Crippen LogP contribution in [0.25, 0.3) is 0 Å². The fourth-order valence-electron chi connectivity index (χ4n) is 6.07. The molecule has 8 nitrogen and oxygen atoms in total. The largest absolute Gasteiger partial charge is 0.493 e. The highest BCUT2D eigenvalue weighted by molar-refractivity contribution is 5.90. The molecular weight excluding hydrogens is 422 g/mol. The zero-order valence-corrected chi connectivity index (χ0v) is 20.3. The number of carbonyl (C=O) groups is 2. The fraction of sp³-hybridized carbons (Fsp3) is 0.680. The molecule has 1 N–H and O–H groups in total. The number of carbonyl (C=O) groups excluding carboxylic acids is 2. The number of hydrogen-bond donors (Lipinski definition) is 1. The monoisotopic (exact) mass is 459 g/mol. The first kappa shape index (κ1) is 23.7. The number of benzene rings is 1. The Bertz CT molecular complexity index is 874. The molecule has 0 aliphatic carbocycles. The van der Waals surface area contributed by atoms with Crippen molar-refractivity contribution in [2.24, 2.45) is 11.8 Å². The van der Waals surface area contributed by atoms with Gasteiger partial charge in [-0.3, -0.25) is 9.59 Å². The lowest BCUT2D eigenvalue weighted by Crippen LogP contribution is -2.51. The molecule has 0 spiro atoms. The van der Waals surface area contributed by atoms with Gasteiger partial charge < -0.3 is 29.3 Å². The van der Waals surface area contributed by atoms with Gasteiger partial charge in [0.05, 0.1) is 33.3 Å². The number of hydrogen-bond acceptors (Lipinski definition) is 6. The Morgan fingerprint density at radius 2 is 1.79 bits per heavy atom. The van der Waals surface area contributed by atoms with Gasteiger partial charge in [-0.05, 0) is 56.8 Å². The van der Waals surface area contributed by atoms with Crippen LogP contribution in [0, 0.1) is 11.8 Å². The van der Waals surface area contributed by atoms with Crippen LogP contribution in [0.5, 0.6) is 17.2 Å². The predicted molar refractivity (Wildman–Crippen MR) is 125 cm³/mol. The summed E-state index contributed by atoms with van der Waals surface area (Å²) in [6.45, 7) is 3.03. The Kier molecular flexibility index (Phi) is 7.32. The first-order chi connectivity index (χ1) is 16.0. The quantitative estimate of drug-likeness (QED) is 0.675. The van der Waals surface area contributed by atoms with E-state index in [1.807, 2.05) is 6.07 Å². The second-order valence-corrected chi connectivity index (χ2v) is 9.43. The molecule has 0 saturated carbocycles. The van der Waals surface area contributed by atoms with E-state index in [1.165, 1.54) is 38.8 Å². The van der Waals surface area contributed by atoms with Crippen LogP contribution in [0.2, 0.25) is 0 Å². The number of piperidine rings is 2. The molecule has 0 bridgehead atoms. The van der Waals surface area contributed by atoms with Gasteiger partial charge in [0, 0.05) is 31.6 Å². The number of nitrogens with zero attached hydrogens (tertiary/aromatic N) is 2. The van der Waals surface area contributed by atoms with E-state index in [9.17, 15) is 9.59 Å². The van der Waals surface area contributed by atoms with Crippen LogP contribution in [0.3, 0.4) is 0 Å². The van der Waals surface area contributed by atoms with Gasteiger partial charge in [-0.15, -0.1) is 0 Å². The maximum absolute atomic E-state index is 13.4. The van der Waals surface area contributed by atoms with Crippen molar-refractivity contribution < 1.29 is 23.8 Å². The number of fused-ring (bicyclic) bond motifs is 1. The van der Waals surface area contributed by atoms with Crippen LogP contribution in [-0.4, -0.2) is 75.7 Å². The van der Waals surface area contributed by atoms with Gasteiger partial charge in [0.25, 0.3) is 0 Å². The summed E-state index contributed by atoms with van der Waals surface area (Å²) in [4.78, 5) is 30.3. The summed E-state index contributed by atoms with van der Waals surface area (Å²) in [7, 11) is 6.43. The molecule has 3 aliphatic rings. The molecule has 2 amide bonds. The van der Waals surface area contributed by atoms with Crippen molar-refractivity contribution in [2.45, 2.75) is 50.6 Å². The molecule has 1 aromatic rings. The highest BCUT2D eigenvalue weighted by Gasteiger charge is 2.45. The summed E-state index contributed by atoms with van der Waals surface area (Å²) < 4.78 is 16.6. The van der Waals surface area contributed by atoms with Crippen molar-refractivity contribution in [1.82, 2.24) is 15.1 Å². The van der Waals surface area contributed by atoms with E-state index in [2.05, 4.69) is 10.2 Å². The molecule has 1 aromatic carbocycles. The summed E-state index contributed by atoms with van der Waals surface area (Å²) >= 11 is 0. The van der Waals surface area contributed by atoms with Gasteiger partial charge >= 0.3 is 0 Å². The number of likely N-dealkylation sites (tertiary alicyclic amines) is 1. The lowest BCUT2D eigenvalue weighted by molar-refractivity contribution is -0.128. The average molecular weight is 460 g/mol. The Morgan fingerprint density at radius 1 is 1.03 bits per heavy atom. The topological polar surface area (TPSA) is 80.3 Å². The molecule has 0 aromatic heterocycles. The predicted octanol–water partition coefficient (Wildman–Crippen LogP) is 2.61. The third kappa shape index (κ3) is 4.50. The van der Waals surface area contributed by atoms with E-state index < -0.39 is 12.0 Å². The van der Waals surface area contributed by atoms with Crippen LogP contribution in [-0.2, 0) is 9.59 Å². The van der Waals surface area contributed by atoms with Gasteiger partial charge in [0.15, 0.2) is 11.5 Å². The molecule has 182 valence electrons. The van der Waals surface area contributed by atoms with Crippen molar-refractivity contribution in [3.63, 3.8) is 0 Å². The van der Waals surface area contributed by atoms with Gasteiger partial charge in [0.1, 0.15) is 0 Å². The molecule has 8 heteroatoms. The van der Waals surface area contributed by atoms with Crippen molar-refractivity contribution in [3.8, 4) is 17.2 Å². The molecule has 4 rings (SSSR count). The van der Waals surface area contributed by atoms with Crippen LogP contribution in [0.4, 0.5) is 0 Å². The number of ether oxygens (including phenoxy) is 3. The molecule has 4 atom stereocenters. The molecule has 3 heterocycles. The number of nitrogens with one attached hydrogen (secondary N) is 1. The van der Waals surface area contributed by atoms with Gasteiger partial charge in [0.2, 0.25) is 17.6 Å². The summed E-state index contributed by atoms with van der Waals surface area (Å²) in [5, 5.41) is 3.22. The zero-order chi connectivity index (χ0) is 23.5. The summed E-state index contributed by atoms with van der Waals surface area (Å²) in [5.74, 6) is 1.37. The van der Waals surface area contributed by atoms with Crippen molar-refractivity contribution in [2.75, 3.05) is 48.0 Å². The van der Waals surface area contributed by atoms with Gasteiger partial charge in [-0.25, -0.2) is 0 Å². The SMILES string of the molecule is COc1ccc(C2C(C(=O)NCC3CCCN4CCCCC34)CC(=O)N2C)c(OC)c1OC. The summed E-state index contributed by atoms with van der Waals surface area (Å²) in [6.07, 6.45) is 6.29. The van der Waals surface area contributed by atoms with E-state index in [4.69, 9.17) is 14.2 Å². The Labute approximate surface area is 196 Å². The lowest BCUT2D eigenvalue weighted by atomic mass is 9.83. The number of amides is 2. The maximum atomic E-state index is 13.4. The Morgan fingerprint density at radius 3 is 2.52 bits per heavy atom. The van der Waals surface area contributed by atoms with Crippen molar-refractivity contribution >= 4 is 11.8 Å². The van der Waals surface area contributed by atoms with Crippen LogP contribution < -0.4 is 19.5 Å². The molecular formula is C25H37N3O5. The van der Waals surface area contributed by atoms with Crippen LogP contribution >= 0.6 is 0 Å². The summed E-state index contributed by atoms with van der Waals surface area (Å²) in [6, 6.07) is 3.80. The Hall–Kier alpha value is -2.48. The normalized spacial score (nSPS) is 27.8. The minimum absolute atomic E-state index is 0.0480. The minimum Gasteiger partial charge on any atom is -0.493 e. The van der Waals surface area contributed by atoms with Crippen molar-refractivity contribution in [1.29, 1.82) is 0 Å². The minimum atomic E-state index is -0.486. The van der Waals surface area contributed by atoms with E-state index in [0.29, 0.717) is 35.8 Å². The van der Waals surface area contributed by atoms with Crippen LogP contribution in [0.15, 0.2) is 12.1 Å². The first-order valence-electron chi connectivity index (χ1n) is 12.1. The lowest BCUT2D eigenvalue weighted by Gasteiger charge is -2.44. The molecule has 4 unspecified atom stereocenters. The molecule has 0 radical (unpaired) electrons. The second kappa shape index (κ2) is 10.2. The third-order valence-electron chi connectivity index (χ3n) is 7.74. The molecule has 3 fully saturated rings. The fourth-order valence-corrected chi connectivity index (χ4v) is 6.07. The smallest absolute Gasteiger partial charge is 0.226 e. The maximum Gasteiger partial charge on any atom is 0.226 e. The Balaban J connectivity index is 1.53. The van der Waals surface area contributed by atoms with Crippen LogP contribution in [0.1, 0.15) is 50.1 Å². The molecule has 3 saturated heterocycles. The third-order valence-corrected chi connectivity index (χ3v) is 7.74. The summed E-state index contributed by atoms with van der Waals surface area (Å²) in [5.41, 5.74) is 0.750. The zero-order valence-electron chi connectivity index (χ0n) is 20.3. The van der Waals surface area contributed by atoms with Crippen molar-refractivity contribution in [3.05, 3.63) is 17.7 Å². The first-order valence-corrected chi connectivity index (χ1v) is 12.1. The second-order valence-electron chi connectivity index (χ2n) is 9.43. The molecule has 3 aliphatic heterocycles. The van der Waals surface area contributed by atoms with E-state index in [-0.39, 0.29) is 18.2 Å². The number of methoxy groups -OCH3 is 3. The van der Waals surface area contributed by atoms with Gasteiger partial charge in [-0.1, -0.05) is 6.42 Å². The van der Waals surface area contributed by atoms with E-state index in [1.54, 1.807) is 39.3 Å². The molecule has 33 heavy (non-hydrogen) atoms. The number of rotatable bonds is 7. The highest BCUT2D eigenvalue weighted by atomic mass is 16.5. The van der Waals surface area contributed by atoms with Gasteiger partial charge in [-0.2, -0.15) is 0 Å². The average Bonchev–Trinajstić information content (AvgIpc) is 3.15. The van der Waals surface area contributed by atoms with E-state index >= 15 is 0 Å².